The van der Waals surface area contributed by atoms with Crippen molar-refractivity contribution in [3.8, 4) is 0 Å². The Kier molecular flexibility index (Phi) is 6.73. The van der Waals surface area contributed by atoms with Gasteiger partial charge in [-0.3, -0.25) is 0 Å². The summed E-state index contributed by atoms with van der Waals surface area (Å²) in [5.41, 5.74) is 0. The molecule has 0 saturated carbocycles. The fourth-order valence-electron chi connectivity index (χ4n) is 1.64. The van der Waals surface area contributed by atoms with Crippen LogP contribution in [0.15, 0.2) is 12.1 Å². The molecule has 1 heterocycles. The second-order valence-electron chi connectivity index (χ2n) is 4.47. The van der Waals surface area contributed by atoms with Crippen LogP contribution < -0.4 is 5.32 Å². The smallest absolute Gasteiger partial charge is 0.0615 e. The zero-order chi connectivity index (χ0) is 12.7. The molecule has 0 aliphatic heterocycles. The van der Waals surface area contributed by atoms with Gasteiger partial charge in [0.05, 0.1) is 6.61 Å². The predicted molar refractivity (Wildman–Crippen MR) is 74.7 cm³/mol. The molecule has 98 valence electrons. The first-order chi connectivity index (χ1) is 8.13. The summed E-state index contributed by atoms with van der Waals surface area (Å²) in [4.78, 5) is 5.11. The number of hydrogen-bond acceptors (Lipinski definition) is 4. The number of ether oxygens (including phenoxy) is 1. The highest BCUT2D eigenvalue weighted by Gasteiger charge is 2.07. The Labute approximate surface area is 109 Å². The van der Waals surface area contributed by atoms with Crippen LogP contribution in [0, 0.1) is 6.92 Å². The minimum absolute atomic E-state index is 0.478. The number of nitrogens with zero attached hydrogens (tertiary/aromatic N) is 1. The van der Waals surface area contributed by atoms with Gasteiger partial charge in [0.25, 0.3) is 0 Å². The Hall–Kier alpha value is -0.420. The first-order valence-electron chi connectivity index (χ1n) is 6.08. The van der Waals surface area contributed by atoms with Gasteiger partial charge in [0, 0.05) is 42.5 Å². The summed E-state index contributed by atoms with van der Waals surface area (Å²) in [6.45, 7) is 8.17. The van der Waals surface area contributed by atoms with Gasteiger partial charge < -0.3 is 15.0 Å². The molecule has 0 amide bonds. The monoisotopic (exact) mass is 256 g/mol. The quantitative estimate of drug-likeness (QED) is 0.721. The largest absolute Gasteiger partial charge is 0.383 e. The van der Waals surface area contributed by atoms with Crippen molar-refractivity contribution in [2.45, 2.75) is 26.4 Å². The van der Waals surface area contributed by atoms with Gasteiger partial charge in [0.15, 0.2) is 0 Å². The van der Waals surface area contributed by atoms with E-state index in [9.17, 15) is 0 Å². The van der Waals surface area contributed by atoms with Gasteiger partial charge in [-0.2, -0.15) is 0 Å². The van der Waals surface area contributed by atoms with E-state index in [4.69, 9.17) is 4.74 Å². The normalized spacial score (nSPS) is 13.2. The van der Waals surface area contributed by atoms with E-state index in [2.05, 4.69) is 43.2 Å². The van der Waals surface area contributed by atoms with Crippen LogP contribution in [0.1, 0.15) is 16.7 Å². The lowest BCUT2D eigenvalue weighted by atomic mass is 10.3. The topological polar surface area (TPSA) is 24.5 Å². The van der Waals surface area contributed by atoms with Crippen molar-refractivity contribution in [3.05, 3.63) is 21.9 Å². The Morgan fingerprint density at radius 2 is 2.24 bits per heavy atom. The lowest BCUT2D eigenvalue weighted by Crippen LogP contribution is -2.37. The maximum absolute atomic E-state index is 5.14. The molecule has 4 heteroatoms. The van der Waals surface area contributed by atoms with Gasteiger partial charge in [-0.05, 0) is 33.0 Å². The molecule has 3 nitrogen and oxygen atoms in total. The van der Waals surface area contributed by atoms with E-state index in [0.29, 0.717) is 6.04 Å². The average molecular weight is 256 g/mol. The Morgan fingerprint density at radius 1 is 1.47 bits per heavy atom. The van der Waals surface area contributed by atoms with Gasteiger partial charge in [-0.25, -0.2) is 0 Å². The standard InChI is InChI=1S/C13H24N2OS/c1-11(10-16-4)15(3)8-7-14-9-13-6-5-12(2)17-13/h5-6,11,14H,7-10H2,1-4H3. The van der Waals surface area contributed by atoms with Gasteiger partial charge in [-0.15, -0.1) is 11.3 Å². The minimum Gasteiger partial charge on any atom is -0.383 e. The number of thiophene rings is 1. The van der Waals surface area contributed by atoms with E-state index in [1.165, 1.54) is 9.75 Å². The number of hydrogen-bond donors (Lipinski definition) is 1. The lowest BCUT2D eigenvalue weighted by molar-refractivity contribution is 0.116. The SMILES string of the molecule is COCC(C)N(C)CCNCc1ccc(C)s1. The fourth-order valence-corrected chi connectivity index (χ4v) is 2.50. The Morgan fingerprint density at radius 3 is 2.82 bits per heavy atom. The highest BCUT2D eigenvalue weighted by molar-refractivity contribution is 7.11. The molecule has 1 unspecified atom stereocenters. The van der Waals surface area contributed by atoms with Crippen molar-refractivity contribution >= 4 is 11.3 Å². The van der Waals surface area contributed by atoms with Crippen LogP contribution >= 0.6 is 11.3 Å². The zero-order valence-corrected chi connectivity index (χ0v) is 12.1. The second kappa shape index (κ2) is 7.82. The molecule has 0 aliphatic rings. The summed E-state index contributed by atoms with van der Waals surface area (Å²) < 4.78 is 5.14. The molecule has 1 N–H and O–H groups in total. The van der Waals surface area contributed by atoms with Crippen molar-refractivity contribution in [1.29, 1.82) is 0 Å². The number of aryl methyl sites for hydroxylation is 1. The molecule has 1 aromatic rings. The maximum Gasteiger partial charge on any atom is 0.0615 e. The summed E-state index contributed by atoms with van der Waals surface area (Å²) in [6, 6.07) is 4.85. The van der Waals surface area contributed by atoms with Crippen LogP contribution in [0.2, 0.25) is 0 Å². The highest BCUT2D eigenvalue weighted by atomic mass is 32.1. The predicted octanol–water partition coefficient (Wildman–Crippen LogP) is 2.11. The third-order valence-corrected chi connectivity index (χ3v) is 3.90. The molecule has 1 rings (SSSR count). The molecule has 0 saturated heterocycles. The van der Waals surface area contributed by atoms with Crippen molar-refractivity contribution in [1.82, 2.24) is 10.2 Å². The number of rotatable bonds is 8. The summed E-state index contributed by atoms with van der Waals surface area (Å²) in [7, 11) is 3.89. The van der Waals surface area contributed by atoms with Crippen molar-refractivity contribution < 1.29 is 4.74 Å². The van der Waals surface area contributed by atoms with E-state index >= 15 is 0 Å². The summed E-state index contributed by atoms with van der Waals surface area (Å²) in [6.07, 6.45) is 0. The maximum atomic E-state index is 5.14. The van der Waals surface area contributed by atoms with Crippen molar-refractivity contribution in [2.75, 3.05) is 33.9 Å². The third-order valence-electron chi connectivity index (χ3n) is 2.90. The summed E-state index contributed by atoms with van der Waals surface area (Å²) in [5.74, 6) is 0. The van der Waals surface area contributed by atoms with Gasteiger partial charge >= 0.3 is 0 Å². The van der Waals surface area contributed by atoms with Crippen LogP contribution in [-0.2, 0) is 11.3 Å². The summed E-state index contributed by atoms with van der Waals surface area (Å²) >= 11 is 1.86. The molecule has 17 heavy (non-hydrogen) atoms. The van der Waals surface area contributed by atoms with Crippen LogP contribution in [0.3, 0.4) is 0 Å². The van der Waals surface area contributed by atoms with E-state index in [1.54, 1.807) is 7.11 Å². The molecule has 0 fully saturated rings. The minimum atomic E-state index is 0.478. The molecule has 0 aromatic carbocycles. The van der Waals surface area contributed by atoms with Crippen LogP contribution in [-0.4, -0.2) is 44.8 Å². The number of likely N-dealkylation sites (N-methyl/N-ethyl adjacent to an activating group) is 1. The highest BCUT2D eigenvalue weighted by Crippen LogP contribution is 2.14. The van der Waals surface area contributed by atoms with Gasteiger partial charge in [0.1, 0.15) is 0 Å². The van der Waals surface area contributed by atoms with E-state index in [1.807, 2.05) is 11.3 Å². The number of nitrogens with one attached hydrogen (secondary N) is 1. The third kappa shape index (κ3) is 5.64. The van der Waals surface area contributed by atoms with Crippen LogP contribution in [0.4, 0.5) is 0 Å². The van der Waals surface area contributed by atoms with Gasteiger partial charge in [-0.1, -0.05) is 0 Å². The second-order valence-corrected chi connectivity index (χ2v) is 5.85. The average Bonchev–Trinajstić information content (AvgIpc) is 2.70. The van der Waals surface area contributed by atoms with E-state index < -0.39 is 0 Å². The van der Waals surface area contributed by atoms with Crippen LogP contribution in [0.5, 0.6) is 0 Å². The fraction of sp³-hybridized carbons (Fsp3) is 0.692. The van der Waals surface area contributed by atoms with E-state index in [-0.39, 0.29) is 0 Å². The molecule has 0 aliphatic carbocycles. The number of methoxy groups -OCH3 is 1. The van der Waals surface area contributed by atoms with E-state index in [0.717, 1.165) is 26.2 Å². The zero-order valence-electron chi connectivity index (χ0n) is 11.3. The molecular weight excluding hydrogens is 232 g/mol. The first kappa shape index (κ1) is 14.6. The summed E-state index contributed by atoms with van der Waals surface area (Å²) in [5, 5.41) is 3.47. The Balaban J connectivity index is 2.11. The lowest BCUT2D eigenvalue weighted by Gasteiger charge is -2.23. The van der Waals surface area contributed by atoms with Gasteiger partial charge in [0.2, 0.25) is 0 Å². The first-order valence-corrected chi connectivity index (χ1v) is 6.90. The Bertz CT molecular complexity index is 314. The molecule has 0 bridgehead atoms. The van der Waals surface area contributed by atoms with Crippen molar-refractivity contribution in [3.63, 3.8) is 0 Å². The van der Waals surface area contributed by atoms with Crippen LogP contribution in [0.25, 0.3) is 0 Å². The molecule has 0 spiro atoms. The molecular formula is C13H24N2OS. The molecule has 1 aromatic heterocycles. The molecule has 0 radical (unpaired) electrons. The molecule has 1 atom stereocenters. The van der Waals surface area contributed by atoms with Crippen molar-refractivity contribution in [2.24, 2.45) is 0 Å².